The second-order valence-electron chi connectivity index (χ2n) is 9.33. The van der Waals surface area contributed by atoms with Crippen molar-refractivity contribution in [1.82, 2.24) is 9.80 Å². The van der Waals surface area contributed by atoms with Crippen molar-refractivity contribution in [2.45, 2.75) is 63.3 Å². The fourth-order valence-corrected chi connectivity index (χ4v) is 5.65. The standard InChI is InChI=1S/C23H32N2O6/c1-15(2)24-12-7-10-23-16(17-21(29)30-14-8-9-22(17,3)31-23)19(27)25(18(23)20(24)28)11-5-4-6-13-26/h7-10,15-18,26H,4-6,11-14H2,1-3H3/t16-,17+,18?,22-,23-/m0/s1. The number of unbranched alkanes of at least 4 members (excludes halogenated alkanes) is 2. The van der Waals surface area contributed by atoms with E-state index >= 15 is 0 Å². The fraction of sp³-hybridized carbons (Fsp3) is 0.696. The van der Waals surface area contributed by atoms with Gasteiger partial charge in [-0.25, -0.2) is 0 Å². The highest BCUT2D eigenvalue weighted by Gasteiger charge is 2.74. The SMILES string of the molecule is CC(C)N1CC=C[C@]23O[C@@]4(C)C=CCOC(=O)[C@H]4[C@H]2C(=O)N(CCCCCO)C3C1=O. The van der Waals surface area contributed by atoms with Crippen LogP contribution in [-0.2, 0) is 23.9 Å². The van der Waals surface area contributed by atoms with Crippen molar-refractivity contribution < 1.29 is 29.0 Å². The molecule has 0 aromatic carbocycles. The van der Waals surface area contributed by atoms with Crippen LogP contribution >= 0.6 is 0 Å². The summed E-state index contributed by atoms with van der Waals surface area (Å²) in [5, 5.41) is 9.09. The number of hydrogen-bond acceptors (Lipinski definition) is 6. The van der Waals surface area contributed by atoms with Crippen molar-refractivity contribution in [3.8, 4) is 0 Å². The second-order valence-corrected chi connectivity index (χ2v) is 9.33. The van der Waals surface area contributed by atoms with E-state index in [-0.39, 0.29) is 31.1 Å². The molecule has 2 saturated heterocycles. The van der Waals surface area contributed by atoms with Gasteiger partial charge in [0.05, 0.1) is 11.5 Å². The largest absolute Gasteiger partial charge is 0.461 e. The van der Waals surface area contributed by atoms with Crippen LogP contribution in [0, 0.1) is 11.8 Å². The highest BCUT2D eigenvalue weighted by atomic mass is 16.6. The molecule has 1 unspecified atom stereocenters. The molecule has 0 aromatic heterocycles. The molecule has 0 saturated carbocycles. The van der Waals surface area contributed by atoms with E-state index in [9.17, 15) is 14.4 Å². The van der Waals surface area contributed by atoms with Crippen LogP contribution in [0.15, 0.2) is 24.3 Å². The quantitative estimate of drug-likeness (QED) is 0.383. The summed E-state index contributed by atoms with van der Waals surface area (Å²) in [5.74, 6) is -2.49. The molecule has 4 aliphatic rings. The maximum Gasteiger partial charge on any atom is 0.313 e. The molecular weight excluding hydrogens is 400 g/mol. The molecule has 31 heavy (non-hydrogen) atoms. The fourth-order valence-electron chi connectivity index (χ4n) is 5.65. The molecular formula is C23H32N2O6. The normalized spacial score (nSPS) is 36.9. The van der Waals surface area contributed by atoms with E-state index < -0.39 is 35.0 Å². The van der Waals surface area contributed by atoms with Gasteiger partial charge < -0.3 is 24.4 Å². The van der Waals surface area contributed by atoms with Gasteiger partial charge in [-0.05, 0) is 46.1 Å². The number of aliphatic hydroxyl groups excluding tert-OH is 1. The minimum absolute atomic E-state index is 0.0370. The molecule has 0 radical (unpaired) electrons. The Morgan fingerprint density at radius 3 is 2.58 bits per heavy atom. The molecule has 8 nitrogen and oxygen atoms in total. The molecule has 4 heterocycles. The Kier molecular flexibility index (Phi) is 5.72. The number of carbonyl (C=O) groups excluding carboxylic acids is 3. The van der Waals surface area contributed by atoms with E-state index in [1.54, 1.807) is 28.9 Å². The van der Waals surface area contributed by atoms with Gasteiger partial charge in [-0.15, -0.1) is 0 Å². The minimum atomic E-state index is -1.21. The van der Waals surface area contributed by atoms with E-state index in [4.69, 9.17) is 14.6 Å². The summed E-state index contributed by atoms with van der Waals surface area (Å²) in [6.07, 6.45) is 9.32. The van der Waals surface area contributed by atoms with E-state index in [1.165, 1.54) is 0 Å². The minimum Gasteiger partial charge on any atom is -0.461 e. The van der Waals surface area contributed by atoms with Crippen molar-refractivity contribution in [2.75, 3.05) is 26.3 Å². The summed E-state index contributed by atoms with van der Waals surface area (Å²) in [6, 6.07) is -0.866. The predicted octanol–water partition coefficient (Wildman–Crippen LogP) is 1.04. The molecule has 4 rings (SSSR count). The van der Waals surface area contributed by atoms with Crippen molar-refractivity contribution >= 4 is 17.8 Å². The Bertz CT molecular complexity index is 823. The Morgan fingerprint density at radius 1 is 1.10 bits per heavy atom. The molecule has 1 N–H and O–H groups in total. The lowest BCUT2D eigenvalue weighted by Crippen LogP contribution is -2.57. The summed E-state index contributed by atoms with van der Waals surface area (Å²) < 4.78 is 12.0. The number of rotatable bonds is 6. The summed E-state index contributed by atoms with van der Waals surface area (Å²) in [5.41, 5.74) is -2.23. The Balaban J connectivity index is 1.79. The third kappa shape index (κ3) is 3.31. The topological polar surface area (TPSA) is 96.4 Å². The van der Waals surface area contributed by atoms with Gasteiger partial charge in [0, 0.05) is 25.7 Å². The first-order chi connectivity index (χ1) is 14.8. The Labute approximate surface area is 182 Å². The van der Waals surface area contributed by atoms with E-state index in [0.29, 0.717) is 25.9 Å². The number of hydrogen-bond donors (Lipinski definition) is 1. The van der Waals surface area contributed by atoms with Crippen LogP contribution in [-0.4, -0.2) is 82.3 Å². The van der Waals surface area contributed by atoms with Crippen LogP contribution in [0.4, 0.5) is 0 Å². The van der Waals surface area contributed by atoms with Crippen molar-refractivity contribution in [3.63, 3.8) is 0 Å². The number of amides is 2. The van der Waals surface area contributed by atoms with Crippen LogP contribution in [0.5, 0.6) is 0 Å². The van der Waals surface area contributed by atoms with Crippen LogP contribution in [0.2, 0.25) is 0 Å². The molecule has 0 bridgehead atoms. The average Bonchev–Trinajstić information content (AvgIpc) is 2.96. The Hall–Kier alpha value is -2.19. The molecule has 2 amide bonds. The molecule has 0 aromatic rings. The first-order valence-electron chi connectivity index (χ1n) is 11.2. The summed E-state index contributed by atoms with van der Waals surface area (Å²) in [6.45, 7) is 6.74. The maximum atomic E-state index is 13.8. The van der Waals surface area contributed by atoms with Gasteiger partial charge in [0.25, 0.3) is 0 Å². The van der Waals surface area contributed by atoms with E-state index in [2.05, 4.69) is 0 Å². The summed E-state index contributed by atoms with van der Waals surface area (Å²) in [7, 11) is 0. The molecule has 170 valence electrons. The van der Waals surface area contributed by atoms with Crippen molar-refractivity contribution in [2.24, 2.45) is 11.8 Å². The first-order valence-corrected chi connectivity index (χ1v) is 11.2. The number of nitrogens with zero attached hydrogens (tertiary/aromatic N) is 2. The Morgan fingerprint density at radius 2 is 1.87 bits per heavy atom. The molecule has 5 atom stereocenters. The molecule has 0 aliphatic carbocycles. The van der Waals surface area contributed by atoms with Gasteiger partial charge in [0.2, 0.25) is 11.8 Å². The number of cyclic esters (lactones) is 1. The van der Waals surface area contributed by atoms with Crippen LogP contribution < -0.4 is 0 Å². The van der Waals surface area contributed by atoms with E-state index in [1.807, 2.05) is 26.0 Å². The van der Waals surface area contributed by atoms with Crippen molar-refractivity contribution in [3.05, 3.63) is 24.3 Å². The second kappa shape index (κ2) is 8.06. The highest BCUT2D eigenvalue weighted by Crippen LogP contribution is 2.57. The van der Waals surface area contributed by atoms with Crippen molar-refractivity contribution in [1.29, 1.82) is 0 Å². The monoisotopic (exact) mass is 432 g/mol. The van der Waals surface area contributed by atoms with Gasteiger partial charge in [-0.3, -0.25) is 14.4 Å². The zero-order valence-electron chi connectivity index (χ0n) is 18.5. The predicted molar refractivity (Wildman–Crippen MR) is 112 cm³/mol. The zero-order chi connectivity index (χ0) is 22.4. The van der Waals surface area contributed by atoms with Gasteiger partial charge >= 0.3 is 5.97 Å². The average molecular weight is 433 g/mol. The lowest BCUT2D eigenvalue weighted by atomic mass is 9.75. The number of carbonyl (C=O) groups is 3. The van der Waals surface area contributed by atoms with Gasteiger partial charge in [-0.2, -0.15) is 0 Å². The maximum absolute atomic E-state index is 13.8. The first kappa shape index (κ1) is 22.0. The summed E-state index contributed by atoms with van der Waals surface area (Å²) in [4.78, 5) is 43.8. The molecule has 1 spiro atoms. The smallest absolute Gasteiger partial charge is 0.313 e. The van der Waals surface area contributed by atoms with Gasteiger partial charge in [0.1, 0.15) is 24.2 Å². The van der Waals surface area contributed by atoms with Gasteiger partial charge in [-0.1, -0.05) is 18.2 Å². The van der Waals surface area contributed by atoms with Crippen LogP contribution in [0.1, 0.15) is 40.0 Å². The van der Waals surface area contributed by atoms with E-state index in [0.717, 1.165) is 6.42 Å². The number of fused-ring (bicyclic) bond motifs is 2. The zero-order valence-corrected chi connectivity index (χ0v) is 18.5. The lowest BCUT2D eigenvalue weighted by molar-refractivity contribution is -0.158. The molecule has 8 heteroatoms. The lowest BCUT2D eigenvalue weighted by Gasteiger charge is -2.38. The number of esters is 1. The van der Waals surface area contributed by atoms with Gasteiger partial charge in [0.15, 0.2) is 0 Å². The molecule has 2 fully saturated rings. The van der Waals surface area contributed by atoms with Crippen LogP contribution in [0.3, 0.4) is 0 Å². The molecule has 4 aliphatic heterocycles. The third-order valence-corrected chi connectivity index (χ3v) is 7.02. The highest BCUT2D eigenvalue weighted by molar-refractivity contribution is 5.99. The number of aliphatic hydroxyl groups is 1. The van der Waals surface area contributed by atoms with Crippen LogP contribution in [0.25, 0.3) is 0 Å². The summed E-state index contributed by atoms with van der Waals surface area (Å²) >= 11 is 0. The number of likely N-dealkylation sites (tertiary alicyclic amines) is 1. The number of ether oxygens (including phenoxy) is 2. The third-order valence-electron chi connectivity index (χ3n) is 7.02.